The van der Waals surface area contributed by atoms with Crippen LogP contribution in [0.3, 0.4) is 0 Å². The largest absolute Gasteiger partial charge is 0.300 e. The van der Waals surface area contributed by atoms with E-state index in [0.29, 0.717) is 11.7 Å². The van der Waals surface area contributed by atoms with Gasteiger partial charge in [-0.15, -0.1) is 11.3 Å². The fourth-order valence-corrected chi connectivity index (χ4v) is 3.09. The van der Waals surface area contributed by atoms with Gasteiger partial charge < -0.3 is 0 Å². The molecular weight excluding hydrogens is 220 g/mol. The van der Waals surface area contributed by atoms with Gasteiger partial charge in [0.05, 0.1) is 5.69 Å². The predicted molar refractivity (Wildman–Crippen MR) is 63.7 cm³/mol. The van der Waals surface area contributed by atoms with E-state index in [1.165, 1.54) is 5.69 Å². The molecule has 0 radical (unpaired) electrons. The Hall–Kier alpha value is -1.16. The van der Waals surface area contributed by atoms with Gasteiger partial charge in [-0.1, -0.05) is 0 Å². The maximum Gasteiger partial charge on any atom is 0.193 e. The van der Waals surface area contributed by atoms with Crippen LogP contribution in [0.4, 0.5) is 0 Å². The molecule has 2 aromatic rings. The van der Waals surface area contributed by atoms with Crippen molar-refractivity contribution < 1.29 is 4.79 Å². The summed E-state index contributed by atoms with van der Waals surface area (Å²) in [7, 11) is 0. The number of ketones is 1. The van der Waals surface area contributed by atoms with Crippen molar-refractivity contribution in [3.63, 3.8) is 0 Å². The Labute approximate surface area is 98.1 Å². The van der Waals surface area contributed by atoms with Gasteiger partial charge in [0.25, 0.3) is 0 Å². The fraction of sp³-hybridized carbons (Fsp3) is 0.500. The first-order chi connectivity index (χ1) is 7.81. The Bertz CT molecular complexity index is 475. The molecule has 3 rings (SSSR count). The number of Topliss-reactive ketones (excluding diaryl/α,β-unsaturated/α-hetero) is 1. The first kappa shape index (κ1) is 10.0. The second-order valence-corrected chi connectivity index (χ2v) is 5.38. The summed E-state index contributed by atoms with van der Waals surface area (Å²) in [4.78, 5) is 16.8. The Balaban J connectivity index is 1.70. The van der Waals surface area contributed by atoms with Crippen molar-refractivity contribution in [3.8, 4) is 0 Å². The minimum absolute atomic E-state index is 0.432. The summed E-state index contributed by atoms with van der Waals surface area (Å²) in [5, 5.41) is 2.05. The molecule has 0 unspecified atom stereocenters. The third kappa shape index (κ3) is 1.89. The van der Waals surface area contributed by atoms with E-state index in [1.54, 1.807) is 11.3 Å². The third-order valence-corrected chi connectivity index (χ3v) is 4.07. The normalized spacial score (nSPS) is 18.4. The van der Waals surface area contributed by atoms with Crippen molar-refractivity contribution >= 4 is 22.1 Å². The number of carbonyl (C=O) groups excluding carboxylic acids is 1. The molecule has 3 nitrogen and oxygen atoms in total. The van der Waals surface area contributed by atoms with Crippen LogP contribution in [-0.2, 0) is 11.2 Å². The van der Waals surface area contributed by atoms with Crippen LogP contribution in [0, 0.1) is 5.92 Å². The third-order valence-electron chi connectivity index (χ3n) is 3.30. The zero-order valence-electron chi connectivity index (χ0n) is 9.06. The molecule has 1 aliphatic rings. The summed E-state index contributed by atoms with van der Waals surface area (Å²) in [5.41, 5.74) is 1.17. The minimum atomic E-state index is 0.432. The number of hydrogen-bond acceptors (Lipinski definition) is 3. The molecule has 0 aromatic carbocycles. The Morgan fingerprint density at radius 3 is 3.00 bits per heavy atom. The molecule has 84 valence electrons. The highest BCUT2D eigenvalue weighted by molar-refractivity contribution is 7.15. The van der Waals surface area contributed by atoms with Crippen molar-refractivity contribution in [2.45, 2.75) is 32.1 Å². The molecule has 0 saturated heterocycles. The summed E-state index contributed by atoms with van der Waals surface area (Å²) in [5.74, 6) is 1.09. The molecule has 1 fully saturated rings. The monoisotopic (exact) mass is 234 g/mol. The zero-order chi connectivity index (χ0) is 11.0. The lowest BCUT2D eigenvalue weighted by atomic mass is 9.85. The molecule has 0 atom stereocenters. The van der Waals surface area contributed by atoms with Crippen LogP contribution in [0.5, 0.6) is 0 Å². The lowest BCUT2D eigenvalue weighted by molar-refractivity contribution is -0.121. The van der Waals surface area contributed by atoms with Crippen molar-refractivity contribution in [2.24, 2.45) is 5.92 Å². The van der Waals surface area contributed by atoms with E-state index in [1.807, 2.05) is 11.6 Å². The summed E-state index contributed by atoms with van der Waals surface area (Å²) >= 11 is 1.67. The molecule has 0 bridgehead atoms. The Morgan fingerprint density at radius 2 is 2.25 bits per heavy atom. The number of nitrogens with zero attached hydrogens (tertiary/aromatic N) is 2. The van der Waals surface area contributed by atoms with Crippen LogP contribution in [0.1, 0.15) is 31.4 Å². The first-order valence-electron chi connectivity index (χ1n) is 5.74. The standard InChI is InChI=1S/C12H14N2OS/c15-11-3-1-9(2-4-11)7-10-8-14-5-6-16-12(14)13-10/h5-6,8-9H,1-4,7H2. The van der Waals surface area contributed by atoms with Gasteiger partial charge in [-0.2, -0.15) is 0 Å². The number of hydrogen-bond donors (Lipinski definition) is 0. The molecule has 1 aliphatic carbocycles. The molecule has 16 heavy (non-hydrogen) atoms. The smallest absolute Gasteiger partial charge is 0.193 e. The van der Waals surface area contributed by atoms with Gasteiger partial charge in [0.1, 0.15) is 5.78 Å². The predicted octanol–water partition coefficient (Wildman–Crippen LogP) is 2.70. The average Bonchev–Trinajstić information content (AvgIpc) is 2.81. The molecule has 0 spiro atoms. The molecule has 0 amide bonds. The number of imidazole rings is 1. The maximum atomic E-state index is 11.1. The second kappa shape index (κ2) is 4.01. The quantitative estimate of drug-likeness (QED) is 0.800. The van der Waals surface area contributed by atoms with Crippen molar-refractivity contribution in [3.05, 3.63) is 23.5 Å². The first-order valence-corrected chi connectivity index (χ1v) is 6.62. The minimum Gasteiger partial charge on any atom is -0.300 e. The number of thiazole rings is 1. The summed E-state index contributed by atoms with van der Waals surface area (Å²) < 4.78 is 2.08. The fourth-order valence-electron chi connectivity index (χ4n) is 2.37. The number of aromatic nitrogens is 2. The molecule has 0 aliphatic heterocycles. The number of rotatable bonds is 2. The highest BCUT2D eigenvalue weighted by Gasteiger charge is 2.19. The van der Waals surface area contributed by atoms with Crippen molar-refractivity contribution in [2.75, 3.05) is 0 Å². The van der Waals surface area contributed by atoms with E-state index in [4.69, 9.17) is 0 Å². The molecule has 4 heteroatoms. The van der Waals surface area contributed by atoms with Crippen molar-refractivity contribution in [1.82, 2.24) is 9.38 Å². The highest BCUT2D eigenvalue weighted by atomic mass is 32.1. The second-order valence-electron chi connectivity index (χ2n) is 4.51. The van der Waals surface area contributed by atoms with E-state index in [2.05, 4.69) is 15.6 Å². The van der Waals surface area contributed by atoms with Crippen LogP contribution in [0.2, 0.25) is 0 Å². The Kier molecular flexibility index (Phi) is 2.52. The van der Waals surface area contributed by atoms with Crippen LogP contribution in [0.25, 0.3) is 4.96 Å². The zero-order valence-corrected chi connectivity index (χ0v) is 9.87. The van der Waals surface area contributed by atoms with E-state index >= 15 is 0 Å². The molecule has 2 heterocycles. The number of fused-ring (bicyclic) bond motifs is 1. The van der Waals surface area contributed by atoms with Gasteiger partial charge in [0.2, 0.25) is 0 Å². The molecular formula is C12H14N2OS. The van der Waals surface area contributed by atoms with Gasteiger partial charge >= 0.3 is 0 Å². The van der Waals surface area contributed by atoms with Crippen LogP contribution in [-0.4, -0.2) is 15.2 Å². The Morgan fingerprint density at radius 1 is 1.44 bits per heavy atom. The van der Waals surface area contributed by atoms with Crippen molar-refractivity contribution in [1.29, 1.82) is 0 Å². The van der Waals surface area contributed by atoms with Crippen LogP contribution < -0.4 is 0 Å². The summed E-state index contributed by atoms with van der Waals surface area (Å²) in [6.07, 6.45) is 8.82. The van der Waals surface area contributed by atoms with Gasteiger partial charge in [0.15, 0.2) is 4.96 Å². The van der Waals surface area contributed by atoms with Crippen LogP contribution >= 0.6 is 11.3 Å². The maximum absolute atomic E-state index is 11.1. The molecule has 2 aromatic heterocycles. The van der Waals surface area contributed by atoms with E-state index in [0.717, 1.165) is 37.1 Å². The number of carbonyl (C=O) groups is 1. The van der Waals surface area contributed by atoms with Crippen LogP contribution in [0.15, 0.2) is 17.8 Å². The molecule has 1 saturated carbocycles. The SMILES string of the molecule is O=C1CCC(Cc2cn3ccsc3n2)CC1. The van der Waals surface area contributed by atoms with Gasteiger partial charge in [0, 0.05) is 30.6 Å². The van der Waals surface area contributed by atoms with Gasteiger partial charge in [-0.25, -0.2) is 4.98 Å². The van der Waals surface area contributed by atoms with Gasteiger partial charge in [-0.05, 0) is 25.2 Å². The molecule has 0 N–H and O–H groups in total. The lowest BCUT2D eigenvalue weighted by Gasteiger charge is -2.19. The average molecular weight is 234 g/mol. The van der Waals surface area contributed by atoms with E-state index in [-0.39, 0.29) is 0 Å². The summed E-state index contributed by atoms with van der Waals surface area (Å²) in [6.45, 7) is 0. The van der Waals surface area contributed by atoms with E-state index < -0.39 is 0 Å². The van der Waals surface area contributed by atoms with Gasteiger partial charge in [-0.3, -0.25) is 9.20 Å². The lowest BCUT2D eigenvalue weighted by Crippen LogP contribution is -2.15. The summed E-state index contributed by atoms with van der Waals surface area (Å²) in [6, 6.07) is 0. The van der Waals surface area contributed by atoms with E-state index in [9.17, 15) is 4.79 Å². The topological polar surface area (TPSA) is 34.4 Å². The highest BCUT2D eigenvalue weighted by Crippen LogP contribution is 2.25.